The molecule has 1 aromatic heterocycles. The number of piperidine rings is 1. The lowest BCUT2D eigenvalue weighted by molar-refractivity contribution is -0.135. The van der Waals surface area contributed by atoms with Gasteiger partial charge in [-0.1, -0.05) is 12.1 Å². The summed E-state index contributed by atoms with van der Waals surface area (Å²) in [6.45, 7) is 2.99. The maximum absolute atomic E-state index is 12.2. The van der Waals surface area contributed by atoms with Crippen molar-refractivity contribution in [3.63, 3.8) is 0 Å². The van der Waals surface area contributed by atoms with Gasteiger partial charge in [-0.25, -0.2) is 9.97 Å². The smallest absolute Gasteiger partial charge is 0.322 e. The number of aromatic hydroxyl groups is 1. The fourth-order valence-electron chi connectivity index (χ4n) is 4.27. The first-order valence-electron chi connectivity index (χ1n) is 11.3. The van der Waals surface area contributed by atoms with Crippen molar-refractivity contribution in [3.05, 3.63) is 47.0 Å². The van der Waals surface area contributed by atoms with Gasteiger partial charge >= 0.3 is 5.97 Å². The number of carbonyl (C=O) groups excluding carboxylic acids is 1. The number of carboxylic acid groups (broad SMARTS) is 1. The third kappa shape index (κ3) is 5.55. The van der Waals surface area contributed by atoms with Gasteiger partial charge in [0.25, 0.3) is 5.91 Å². The molecule has 1 aromatic carbocycles. The molecule has 4 rings (SSSR count). The second kappa shape index (κ2) is 9.54. The van der Waals surface area contributed by atoms with Crippen LogP contribution in [-0.2, 0) is 17.6 Å². The van der Waals surface area contributed by atoms with E-state index in [2.05, 4.69) is 44.5 Å². The Hall–Kier alpha value is -3.16. The second-order valence-electron chi connectivity index (χ2n) is 8.95. The van der Waals surface area contributed by atoms with E-state index in [0.717, 1.165) is 31.8 Å². The molecule has 1 saturated heterocycles. The van der Waals surface area contributed by atoms with E-state index in [1.807, 2.05) is 0 Å². The molecular weight excluding hydrogens is 408 g/mol. The lowest BCUT2D eigenvalue weighted by Crippen LogP contribution is -2.34. The molecule has 3 N–H and O–H groups in total. The number of anilines is 1. The number of nitrogens with zero attached hydrogens (tertiary/aromatic N) is 3. The van der Waals surface area contributed by atoms with Crippen LogP contribution >= 0.6 is 0 Å². The summed E-state index contributed by atoms with van der Waals surface area (Å²) in [5, 5.41) is 21.1. The Morgan fingerprint density at radius 1 is 1.03 bits per heavy atom. The highest BCUT2D eigenvalue weighted by molar-refractivity contribution is 5.96. The first-order chi connectivity index (χ1) is 15.4. The van der Waals surface area contributed by atoms with Crippen molar-refractivity contribution in [2.24, 2.45) is 11.8 Å². The van der Waals surface area contributed by atoms with E-state index in [-0.39, 0.29) is 11.4 Å². The monoisotopic (exact) mass is 438 g/mol. The van der Waals surface area contributed by atoms with Gasteiger partial charge in [0.1, 0.15) is 12.4 Å². The van der Waals surface area contributed by atoms with Crippen LogP contribution in [0.15, 0.2) is 24.3 Å². The van der Waals surface area contributed by atoms with Crippen LogP contribution < -0.4 is 10.2 Å². The molecule has 32 heavy (non-hydrogen) atoms. The molecule has 0 atom stereocenters. The highest BCUT2D eigenvalue weighted by atomic mass is 16.4. The van der Waals surface area contributed by atoms with Crippen molar-refractivity contribution < 1.29 is 19.8 Å². The number of carboxylic acids is 1. The summed E-state index contributed by atoms with van der Waals surface area (Å²) in [6.07, 6.45) is 6.54. The molecule has 8 heteroatoms. The van der Waals surface area contributed by atoms with Crippen molar-refractivity contribution in [1.82, 2.24) is 15.3 Å². The van der Waals surface area contributed by atoms with Gasteiger partial charge in [-0.2, -0.15) is 0 Å². The molecule has 1 aliphatic carbocycles. The number of nitrogens with one attached hydrogen (secondary N) is 1. The SMILES string of the molecule is Cc1nc(CC2CCN(c3ccc(CC4CC4)cc3)CC2)nc(C(=O)NCC(=O)O)c1O. The summed E-state index contributed by atoms with van der Waals surface area (Å²) >= 11 is 0. The lowest BCUT2D eigenvalue weighted by atomic mass is 9.92. The Morgan fingerprint density at radius 2 is 1.69 bits per heavy atom. The van der Waals surface area contributed by atoms with Crippen LogP contribution in [0.3, 0.4) is 0 Å². The van der Waals surface area contributed by atoms with Crippen molar-refractivity contribution in [2.45, 2.75) is 45.4 Å². The van der Waals surface area contributed by atoms with Crippen LogP contribution in [-0.4, -0.2) is 51.7 Å². The summed E-state index contributed by atoms with van der Waals surface area (Å²) in [5.41, 5.74) is 2.84. The molecule has 2 heterocycles. The number of amides is 1. The Bertz CT molecular complexity index is 980. The van der Waals surface area contributed by atoms with Crippen LogP contribution in [0.25, 0.3) is 0 Å². The van der Waals surface area contributed by atoms with E-state index in [9.17, 15) is 14.7 Å². The van der Waals surface area contributed by atoms with Gasteiger partial charge in [0, 0.05) is 25.2 Å². The highest BCUT2D eigenvalue weighted by Gasteiger charge is 2.24. The molecule has 2 aromatic rings. The highest BCUT2D eigenvalue weighted by Crippen LogP contribution is 2.33. The Balaban J connectivity index is 1.34. The first-order valence-corrected chi connectivity index (χ1v) is 11.3. The fraction of sp³-hybridized carbons (Fsp3) is 0.500. The summed E-state index contributed by atoms with van der Waals surface area (Å²) in [6, 6.07) is 8.96. The second-order valence-corrected chi connectivity index (χ2v) is 8.95. The summed E-state index contributed by atoms with van der Waals surface area (Å²) in [4.78, 5) is 33.9. The summed E-state index contributed by atoms with van der Waals surface area (Å²) in [5.74, 6) is -0.393. The number of hydrogen-bond donors (Lipinski definition) is 3. The van der Waals surface area contributed by atoms with Gasteiger partial charge in [0.2, 0.25) is 0 Å². The quantitative estimate of drug-likeness (QED) is 0.580. The zero-order valence-electron chi connectivity index (χ0n) is 18.4. The van der Waals surface area contributed by atoms with Crippen LogP contribution in [0, 0.1) is 18.8 Å². The van der Waals surface area contributed by atoms with Gasteiger partial charge in [0.15, 0.2) is 11.4 Å². The van der Waals surface area contributed by atoms with Crippen molar-refractivity contribution in [1.29, 1.82) is 0 Å². The lowest BCUT2D eigenvalue weighted by Gasteiger charge is -2.33. The Kier molecular flexibility index (Phi) is 6.58. The van der Waals surface area contributed by atoms with E-state index in [1.54, 1.807) is 6.92 Å². The number of aromatic nitrogens is 2. The van der Waals surface area contributed by atoms with Crippen LogP contribution in [0.4, 0.5) is 5.69 Å². The van der Waals surface area contributed by atoms with Gasteiger partial charge < -0.3 is 20.4 Å². The normalized spacial score (nSPS) is 16.7. The molecule has 170 valence electrons. The number of benzene rings is 1. The molecule has 0 radical (unpaired) electrons. The number of rotatable bonds is 8. The van der Waals surface area contributed by atoms with Gasteiger partial charge in [-0.3, -0.25) is 9.59 Å². The van der Waals surface area contributed by atoms with E-state index in [4.69, 9.17) is 5.11 Å². The molecule has 0 spiro atoms. The molecule has 0 unspecified atom stereocenters. The minimum Gasteiger partial charge on any atom is -0.504 e. The minimum absolute atomic E-state index is 0.169. The first kappa shape index (κ1) is 22.0. The predicted octanol–water partition coefficient (Wildman–Crippen LogP) is 2.72. The molecule has 8 nitrogen and oxygen atoms in total. The number of hydrogen-bond acceptors (Lipinski definition) is 6. The maximum atomic E-state index is 12.2. The van der Waals surface area contributed by atoms with Crippen LogP contribution in [0.5, 0.6) is 5.75 Å². The summed E-state index contributed by atoms with van der Waals surface area (Å²) < 4.78 is 0. The Labute approximate surface area is 187 Å². The van der Waals surface area contributed by atoms with Gasteiger partial charge in [-0.05, 0) is 68.6 Å². The topological polar surface area (TPSA) is 116 Å². The van der Waals surface area contributed by atoms with Gasteiger partial charge in [-0.15, -0.1) is 0 Å². The molecule has 1 saturated carbocycles. The molecular formula is C24H30N4O4. The maximum Gasteiger partial charge on any atom is 0.322 e. The molecule has 2 fully saturated rings. The zero-order valence-corrected chi connectivity index (χ0v) is 18.4. The summed E-state index contributed by atoms with van der Waals surface area (Å²) in [7, 11) is 0. The molecule has 2 aliphatic rings. The van der Waals surface area contributed by atoms with E-state index in [1.165, 1.54) is 30.5 Å². The standard InChI is InChI=1S/C24H30N4O4/c1-15-23(31)22(24(32)25-14-21(29)30)27-20(26-15)13-18-8-10-28(11-9-18)19-6-4-17(5-7-19)12-16-2-3-16/h4-7,16,18,31H,2-3,8-14H2,1H3,(H,25,32)(H,29,30). The Morgan fingerprint density at radius 3 is 2.31 bits per heavy atom. The minimum atomic E-state index is -1.16. The van der Waals surface area contributed by atoms with Crippen molar-refractivity contribution in [2.75, 3.05) is 24.5 Å². The fourth-order valence-corrected chi connectivity index (χ4v) is 4.27. The van der Waals surface area contributed by atoms with E-state index < -0.39 is 18.4 Å². The predicted molar refractivity (Wildman–Crippen MR) is 120 cm³/mol. The van der Waals surface area contributed by atoms with Gasteiger partial charge in [0.05, 0.1) is 5.69 Å². The van der Waals surface area contributed by atoms with Crippen molar-refractivity contribution >= 4 is 17.6 Å². The molecule has 1 aliphatic heterocycles. The average molecular weight is 439 g/mol. The van der Waals surface area contributed by atoms with E-state index in [0.29, 0.717) is 23.9 Å². The van der Waals surface area contributed by atoms with Crippen molar-refractivity contribution in [3.8, 4) is 5.75 Å². The third-order valence-corrected chi connectivity index (χ3v) is 6.33. The number of aliphatic carboxylic acids is 1. The average Bonchev–Trinajstić information content (AvgIpc) is 3.59. The number of carbonyl (C=O) groups is 2. The number of aryl methyl sites for hydroxylation is 1. The largest absolute Gasteiger partial charge is 0.504 e. The van der Waals surface area contributed by atoms with Crippen LogP contribution in [0.1, 0.15) is 53.3 Å². The van der Waals surface area contributed by atoms with E-state index >= 15 is 0 Å². The zero-order chi connectivity index (χ0) is 22.7. The molecule has 0 bridgehead atoms. The third-order valence-electron chi connectivity index (χ3n) is 6.33. The van der Waals surface area contributed by atoms with Crippen LogP contribution in [0.2, 0.25) is 0 Å². The molecule has 1 amide bonds.